The summed E-state index contributed by atoms with van der Waals surface area (Å²) >= 11 is 0. The van der Waals surface area contributed by atoms with Crippen LogP contribution in [0.15, 0.2) is 18.3 Å². The summed E-state index contributed by atoms with van der Waals surface area (Å²) in [5.41, 5.74) is -0.210. The highest BCUT2D eigenvalue weighted by molar-refractivity contribution is 6.01. The van der Waals surface area contributed by atoms with Gasteiger partial charge in [0.05, 0.1) is 5.56 Å². The molecule has 2 fully saturated rings. The van der Waals surface area contributed by atoms with Gasteiger partial charge in [-0.05, 0) is 38.3 Å². The average molecular weight is 357 g/mol. The third-order valence-corrected chi connectivity index (χ3v) is 5.40. The van der Waals surface area contributed by atoms with Crippen LogP contribution in [-0.4, -0.2) is 51.9 Å². The van der Waals surface area contributed by atoms with Crippen molar-refractivity contribution in [3.63, 3.8) is 0 Å². The Kier molecular flexibility index (Phi) is 4.05. The number of carbonyl (C=O) groups is 3. The highest BCUT2D eigenvalue weighted by atomic mass is 16.2. The van der Waals surface area contributed by atoms with Crippen LogP contribution in [0.1, 0.15) is 49.4 Å². The monoisotopic (exact) mass is 357 g/mol. The van der Waals surface area contributed by atoms with E-state index < -0.39 is 11.7 Å². The smallest absolute Gasteiger partial charge is 0.256 e. The lowest BCUT2D eigenvalue weighted by atomic mass is 9.97. The van der Waals surface area contributed by atoms with Gasteiger partial charge in [0.15, 0.2) is 0 Å². The molecule has 3 amide bonds. The second-order valence-corrected chi connectivity index (χ2v) is 7.36. The van der Waals surface area contributed by atoms with Gasteiger partial charge in [-0.1, -0.05) is 0 Å². The molecule has 1 saturated carbocycles. The Morgan fingerprint density at radius 2 is 2.15 bits per heavy atom. The molecule has 2 aliphatic heterocycles. The molecule has 0 aromatic carbocycles. The van der Waals surface area contributed by atoms with Gasteiger partial charge in [-0.3, -0.25) is 14.4 Å². The normalized spacial score (nSPS) is 26.4. The van der Waals surface area contributed by atoms with Gasteiger partial charge in [0.1, 0.15) is 17.5 Å². The van der Waals surface area contributed by atoms with Crippen molar-refractivity contribution in [1.29, 1.82) is 0 Å². The van der Waals surface area contributed by atoms with E-state index in [0.717, 1.165) is 12.8 Å². The maximum absolute atomic E-state index is 12.6. The number of rotatable bonds is 3. The van der Waals surface area contributed by atoms with Gasteiger partial charge >= 0.3 is 0 Å². The molecule has 3 aliphatic rings. The minimum absolute atomic E-state index is 0.0665. The minimum atomic E-state index is -0.713. The lowest BCUT2D eigenvalue weighted by molar-refractivity contribution is -0.139. The van der Waals surface area contributed by atoms with Crippen molar-refractivity contribution in [2.24, 2.45) is 0 Å². The molecule has 1 aliphatic carbocycles. The van der Waals surface area contributed by atoms with E-state index in [1.54, 1.807) is 30.2 Å². The van der Waals surface area contributed by atoms with Gasteiger partial charge in [0, 0.05) is 31.6 Å². The molecular weight excluding hydrogens is 334 g/mol. The molecule has 1 aromatic rings. The quantitative estimate of drug-likeness (QED) is 0.736. The summed E-state index contributed by atoms with van der Waals surface area (Å²) < 4.78 is 0. The van der Waals surface area contributed by atoms with Gasteiger partial charge in [-0.15, -0.1) is 0 Å². The molecule has 2 atom stereocenters. The van der Waals surface area contributed by atoms with E-state index >= 15 is 0 Å². The minimum Gasteiger partial charge on any atom is -0.352 e. The topological polar surface area (TPSA) is 103 Å². The highest BCUT2D eigenvalue weighted by Crippen LogP contribution is 2.31. The Morgan fingerprint density at radius 3 is 2.92 bits per heavy atom. The van der Waals surface area contributed by atoms with Crippen LogP contribution < -0.4 is 16.0 Å². The summed E-state index contributed by atoms with van der Waals surface area (Å²) in [6, 6.07) is 3.19. The number of hydrogen-bond donors (Lipinski definition) is 3. The van der Waals surface area contributed by atoms with Crippen LogP contribution >= 0.6 is 0 Å². The lowest BCUT2D eigenvalue weighted by Crippen LogP contribution is -2.58. The Labute approximate surface area is 151 Å². The highest BCUT2D eigenvalue weighted by Gasteiger charge is 2.42. The number of nitrogens with zero attached hydrogens (tertiary/aromatic N) is 2. The van der Waals surface area contributed by atoms with Gasteiger partial charge in [0.25, 0.3) is 5.91 Å². The molecule has 1 aromatic heterocycles. The summed E-state index contributed by atoms with van der Waals surface area (Å²) in [7, 11) is 0. The summed E-state index contributed by atoms with van der Waals surface area (Å²) in [4.78, 5) is 43.3. The first-order valence-corrected chi connectivity index (χ1v) is 9.13. The largest absolute Gasteiger partial charge is 0.352 e. The summed E-state index contributed by atoms with van der Waals surface area (Å²) in [5.74, 6) is 0.177. The van der Waals surface area contributed by atoms with E-state index in [2.05, 4.69) is 20.9 Å². The Morgan fingerprint density at radius 1 is 1.35 bits per heavy atom. The van der Waals surface area contributed by atoms with Crippen molar-refractivity contribution < 1.29 is 14.4 Å². The molecular formula is C18H23N5O3. The molecule has 3 heterocycles. The van der Waals surface area contributed by atoms with E-state index in [1.807, 2.05) is 0 Å². The predicted octanol–water partition coefficient (Wildman–Crippen LogP) is 0.613. The van der Waals surface area contributed by atoms with Crippen LogP contribution in [0.3, 0.4) is 0 Å². The standard InChI is InChI=1S/C18H23N5O3/c1-11(16(25)20-12-4-5-12)23-10-8-18(7-6-14(23)24)21-15-13(17(26)22-18)3-2-9-19-15/h2-3,9,11-12H,4-8,10H2,1H3,(H,19,21)(H,20,25)(H,22,26)/t11-,18+/m1/s1. The number of amides is 3. The summed E-state index contributed by atoms with van der Waals surface area (Å²) in [6.45, 7) is 2.16. The van der Waals surface area contributed by atoms with E-state index in [1.165, 1.54) is 0 Å². The van der Waals surface area contributed by atoms with Crippen LogP contribution in [0, 0.1) is 0 Å². The Balaban J connectivity index is 1.49. The predicted molar refractivity (Wildman–Crippen MR) is 94.2 cm³/mol. The molecule has 1 spiro atoms. The number of likely N-dealkylation sites (tertiary alicyclic amines) is 1. The van der Waals surface area contributed by atoms with Crippen LogP contribution in [-0.2, 0) is 9.59 Å². The number of nitrogens with one attached hydrogen (secondary N) is 3. The number of carbonyl (C=O) groups excluding carboxylic acids is 3. The number of aromatic nitrogens is 1. The van der Waals surface area contributed by atoms with E-state index in [-0.39, 0.29) is 30.2 Å². The molecule has 138 valence electrons. The fraction of sp³-hybridized carbons (Fsp3) is 0.556. The molecule has 8 heteroatoms. The van der Waals surface area contributed by atoms with Crippen molar-refractivity contribution in [3.8, 4) is 0 Å². The number of anilines is 1. The number of fused-ring (bicyclic) bond motifs is 1. The maximum atomic E-state index is 12.6. The molecule has 0 bridgehead atoms. The van der Waals surface area contributed by atoms with Crippen LogP contribution in [0.2, 0.25) is 0 Å². The van der Waals surface area contributed by atoms with Gasteiger partial charge in [-0.25, -0.2) is 4.98 Å². The second kappa shape index (κ2) is 6.26. The third-order valence-electron chi connectivity index (χ3n) is 5.40. The first-order chi connectivity index (χ1) is 12.5. The zero-order valence-electron chi connectivity index (χ0n) is 14.7. The molecule has 26 heavy (non-hydrogen) atoms. The van der Waals surface area contributed by atoms with E-state index in [0.29, 0.717) is 30.8 Å². The zero-order valence-corrected chi connectivity index (χ0v) is 14.7. The summed E-state index contributed by atoms with van der Waals surface area (Å²) in [6.07, 6.45) is 4.89. The van der Waals surface area contributed by atoms with Crippen molar-refractivity contribution in [2.45, 2.75) is 56.8 Å². The molecule has 0 unspecified atom stereocenters. The first-order valence-electron chi connectivity index (χ1n) is 9.13. The van der Waals surface area contributed by atoms with Crippen LogP contribution in [0.5, 0.6) is 0 Å². The van der Waals surface area contributed by atoms with Crippen LogP contribution in [0.25, 0.3) is 0 Å². The van der Waals surface area contributed by atoms with Gasteiger partial charge in [0.2, 0.25) is 11.8 Å². The van der Waals surface area contributed by atoms with E-state index in [4.69, 9.17) is 0 Å². The summed E-state index contributed by atoms with van der Waals surface area (Å²) in [5, 5.41) is 9.28. The lowest BCUT2D eigenvalue weighted by Gasteiger charge is -2.39. The molecule has 4 rings (SSSR count). The molecule has 1 saturated heterocycles. The maximum Gasteiger partial charge on any atom is 0.256 e. The average Bonchev–Trinajstić information content (AvgIpc) is 3.44. The molecule has 0 radical (unpaired) electrons. The molecule has 3 N–H and O–H groups in total. The zero-order chi connectivity index (χ0) is 18.3. The third kappa shape index (κ3) is 3.11. The fourth-order valence-corrected chi connectivity index (χ4v) is 3.61. The van der Waals surface area contributed by atoms with Gasteiger partial charge < -0.3 is 20.9 Å². The van der Waals surface area contributed by atoms with Crippen molar-refractivity contribution in [2.75, 3.05) is 11.9 Å². The van der Waals surface area contributed by atoms with Crippen molar-refractivity contribution >= 4 is 23.5 Å². The number of hydrogen-bond acceptors (Lipinski definition) is 5. The second-order valence-electron chi connectivity index (χ2n) is 7.36. The van der Waals surface area contributed by atoms with E-state index in [9.17, 15) is 14.4 Å². The fourth-order valence-electron chi connectivity index (χ4n) is 3.61. The van der Waals surface area contributed by atoms with Crippen LogP contribution in [0.4, 0.5) is 5.82 Å². The van der Waals surface area contributed by atoms with Crippen molar-refractivity contribution in [1.82, 2.24) is 20.5 Å². The first kappa shape index (κ1) is 16.8. The molecule has 8 nitrogen and oxygen atoms in total. The van der Waals surface area contributed by atoms with Crippen molar-refractivity contribution in [3.05, 3.63) is 23.9 Å². The SMILES string of the molecule is C[C@H](C(=O)NC1CC1)N1CC[C@]2(CCC1=O)NC(=O)c1cccnc1N2. The number of pyridine rings is 1. The Hall–Kier alpha value is -2.64. The Bertz CT molecular complexity index is 763. The van der Waals surface area contributed by atoms with Gasteiger partial charge in [-0.2, -0.15) is 0 Å².